The fourth-order valence-corrected chi connectivity index (χ4v) is 5.67. The average molecular weight is 477 g/mol. The molecule has 1 amide bonds. The lowest BCUT2D eigenvalue weighted by molar-refractivity contribution is -0.123. The van der Waals surface area contributed by atoms with Gasteiger partial charge in [-0.1, -0.05) is 57.6 Å². The lowest BCUT2D eigenvalue weighted by Gasteiger charge is -2.27. The first-order chi connectivity index (χ1) is 14.5. The van der Waals surface area contributed by atoms with E-state index in [9.17, 15) is 4.79 Å². The van der Waals surface area contributed by atoms with E-state index in [1.54, 1.807) is 24.5 Å². The second-order valence-electron chi connectivity index (χ2n) is 9.23. The Hall–Kier alpha value is -2.16. The lowest BCUT2D eigenvalue weighted by atomic mass is 9.81. The van der Waals surface area contributed by atoms with E-state index in [1.807, 2.05) is 32.9 Å². The van der Waals surface area contributed by atoms with Crippen molar-refractivity contribution in [3.63, 3.8) is 0 Å². The summed E-state index contributed by atoms with van der Waals surface area (Å²) in [6.45, 7) is 10.1. The molecule has 31 heavy (non-hydrogen) atoms. The van der Waals surface area contributed by atoms with Crippen LogP contribution in [-0.4, -0.2) is 23.0 Å². The van der Waals surface area contributed by atoms with E-state index in [0.29, 0.717) is 15.9 Å². The molecule has 2 heterocycles. The summed E-state index contributed by atoms with van der Waals surface area (Å²) >= 11 is 9.28. The average Bonchev–Trinajstić information content (AvgIpc) is 3.25. The van der Waals surface area contributed by atoms with Crippen molar-refractivity contribution >= 4 is 56.1 Å². The van der Waals surface area contributed by atoms with Crippen LogP contribution in [0.15, 0.2) is 18.2 Å². The van der Waals surface area contributed by atoms with Crippen molar-refractivity contribution in [1.82, 2.24) is 9.97 Å². The number of ether oxygens (including phenoxy) is 1. The molecule has 1 aromatic carbocycles. The van der Waals surface area contributed by atoms with Crippen LogP contribution in [0.4, 0.5) is 16.0 Å². The molecule has 0 fully saturated rings. The number of benzene rings is 1. The Labute approximate surface area is 195 Å². The van der Waals surface area contributed by atoms with Crippen LogP contribution in [0.5, 0.6) is 5.75 Å². The van der Waals surface area contributed by atoms with Gasteiger partial charge in [0.2, 0.25) is 5.91 Å². The Bertz CT molecular complexity index is 1160. The summed E-state index contributed by atoms with van der Waals surface area (Å²) in [6, 6.07) is 5.44. The van der Waals surface area contributed by atoms with E-state index in [-0.39, 0.29) is 11.3 Å². The predicted molar refractivity (Wildman–Crippen MR) is 129 cm³/mol. The summed E-state index contributed by atoms with van der Waals surface area (Å²) in [4.78, 5) is 24.3. The molecule has 0 atom stereocenters. The van der Waals surface area contributed by atoms with Gasteiger partial charge in [0.15, 0.2) is 10.3 Å². The third-order valence-corrected chi connectivity index (χ3v) is 7.66. The molecule has 0 bridgehead atoms. The smallest absolute Gasteiger partial charge is 0.231 e. The number of hydrogen-bond donors (Lipinski definition) is 2. The zero-order chi connectivity index (χ0) is 22.6. The second kappa shape index (κ2) is 7.76. The van der Waals surface area contributed by atoms with Crippen LogP contribution in [0.1, 0.15) is 45.2 Å². The van der Waals surface area contributed by atoms with E-state index in [2.05, 4.69) is 24.5 Å². The van der Waals surface area contributed by atoms with Gasteiger partial charge in [-0.05, 0) is 18.2 Å². The molecule has 0 saturated heterocycles. The van der Waals surface area contributed by atoms with Crippen molar-refractivity contribution < 1.29 is 9.53 Å². The van der Waals surface area contributed by atoms with Crippen LogP contribution < -0.4 is 15.4 Å². The highest BCUT2D eigenvalue weighted by Gasteiger charge is 2.37. The second-order valence-corrected chi connectivity index (χ2v) is 11.7. The summed E-state index contributed by atoms with van der Waals surface area (Å²) in [5.41, 5.74) is 2.07. The molecule has 2 aromatic heterocycles. The zero-order valence-corrected chi connectivity index (χ0v) is 20.7. The maximum atomic E-state index is 12.4. The number of amides is 1. The number of nitrogens with zero attached hydrogens (tertiary/aromatic N) is 2. The molecule has 164 valence electrons. The number of aromatic nitrogens is 2. The molecule has 4 rings (SSSR count). The van der Waals surface area contributed by atoms with Crippen molar-refractivity contribution in [2.75, 3.05) is 17.7 Å². The molecule has 1 aliphatic rings. The third kappa shape index (κ3) is 4.29. The number of fused-ring (bicyclic) bond motifs is 3. The Kier molecular flexibility index (Phi) is 5.52. The molecule has 9 heteroatoms. The minimum absolute atomic E-state index is 0.0493. The molecule has 0 saturated carbocycles. The summed E-state index contributed by atoms with van der Waals surface area (Å²) in [5, 5.41) is 8.33. The van der Waals surface area contributed by atoms with Crippen molar-refractivity contribution in [2.45, 2.75) is 46.5 Å². The van der Waals surface area contributed by atoms with E-state index < -0.39 is 5.41 Å². The molecule has 0 spiro atoms. The largest absolute Gasteiger partial charge is 0.495 e. The van der Waals surface area contributed by atoms with Gasteiger partial charge < -0.3 is 15.4 Å². The SMILES string of the molecule is COc1ccc(Cl)cc1Nc1nc2c(s1)C(C)(C)Cc1nc(NC(=O)C(C)(C)C)sc1-2. The van der Waals surface area contributed by atoms with E-state index in [4.69, 9.17) is 26.3 Å². The molecular weight excluding hydrogens is 452 g/mol. The molecule has 0 unspecified atom stereocenters. The lowest BCUT2D eigenvalue weighted by Crippen LogP contribution is -2.27. The van der Waals surface area contributed by atoms with Gasteiger partial charge in [-0.3, -0.25) is 4.79 Å². The molecule has 1 aliphatic carbocycles. The summed E-state index contributed by atoms with van der Waals surface area (Å²) in [6.07, 6.45) is 0.791. The van der Waals surface area contributed by atoms with Gasteiger partial charge >= 0.3 is 0 Å². The Balaban J connectivity index is 1.70. The molecule has 0 aliphatic heterocycles. The van der Waals surface area contributed by atoms with E-state index >= 15 is 0 Å². The number of halogens is 1. The van der Waals surface area contributed by atoms with Crippen LogP contribution in [0.25, 0.3) is 10.6 Å². The van der Waals surface area contributed by atoms with Gasteiger partial charge in [-0.2, -0.15) is 0 Å². The quantitative estimate of drug-likeness (QED) is 0.450. The first-order valence-electron chi connectivity index (χ1n) is 9.91. The standard InChI is InChI=1S/C22H25ClN4O2S2/c1-21(2,3)18(28)27-20-25-13-10-22(4,5)17-15(16(13)30-20)26-19(31-17)24-12-9-11(23)7-8-14(12)29-6/h7-9H,10H2,1-6H3,(H,24,26)(H,25,27,28). The van der Waals surface area contributed by atoms with Gasteiger partial charge in [0, 0.05) is 27.2 Å². The monoisotopic (exact) mass is 476 g/mol. The fraction of sp³-hybridized carbons (Fsp3) is 0.409. The Morgan fingerprint density at radius 2 is 1.94 bits per heavy atom. The zero-order valence-electron chi connectivity index (χ0n) is 18.3. The van der Waals surface area contributed by atoms with Gasteiger partial charge in [0.25, 0.3) is 0 Å². The Morgan fingerprint density at radius 3 is 2.61 bits per heavy atom. The number of rotatable bonds is 4. The highest BCUT2D eigenvalue weighted by Crippen LogP contribution is 2.50. The summed E-state index contributed by atoms with van der Waals surface area (Å²) < 4.78 is 5.45. The normalized spacial score (nSPS) is 14.5. The predicted octanol–water partition coefficient (Wildman–Crippen LogP) is 6.49. The number of carbonyl (C=O) groups is 1. The van der Waals surface area contributed by atoms with Crippen LogP contribution in [0.2, 0.25) is 5.02 Å². The third-order valence-electron chi connectivity index (χ3n) is 5.07. The molecular formula is C22H25ClN4O2S2. The van der Waals surface area contributed by atoms with Gasteiger partial charge in [-0.15, -0.1) is 11.3 Å². The van der Waals surface area contributed by atoms with E-state index in [0.717, 1.165) is 33.5 Å². The van der Waals surface area contributed by atoms with Crippen LogP contribution in [0, 0.1) is 5.41 Å². The minimum atomic E-state index is -0.482. The molecule has 0 radical (unpaired) electrons. The van der Waals surface area contributed by atoms with Crippen molar-refractivity contribution in [1.29, 1.82) is 0 Å². The van der Waals surface area contributed by atoms with Crippen molar-refractivity contribution in [3.8, 4) is 16.3 Å². The maximum absolute atomic E-state index is 12.4. The number of methoxy groups -OCH3 is 1. The van der Waals surface area contributed by atoms with Crippen molar-refractivity contribution in [2.24, 2.45) is 5.41 Å². The van der Waals surface area contributed by atoms with Gasteiger partial charge in [0.05, 0.1) is 29.1 Å². The Morgan fingerprint density at radius 1 is 1.19 bits per heavy atom. The van der Waals surface area contributed by atoms with Crippen LogP contribution in [0.3, 0.4) is 0 Å². The first-order valence-corrected chi connectivity index (χ1v) is 11.9. The number of anilines is 3. The van der Waals surface area contributed by atoms with Gasteiger partial charge in [0.1, 0.15) is 5.75 Å². The molecule has 2 N–H and O–H groups in total. The number of thiazole rings is 2. The maximum Gasteiger partial charge on any atom is 0.231 e. The van der Waals surface area contributed by atoms with Gasteiger partial charge in [-0.25, -0.2) is 9.97 Å². The number of carbonyl (C=O) groups excluding carboxylic acids is 1. The fourth-order valence-electron chi connectivity index (χ4n) is 3.37. The summed E-state index contributed by atoms with van der Waals surface area (Å²) in [7, 11) is 1.63. The molecule has 3 aromatic rings. The van der Waals surface area contributed by atoms with Crippen LogP contribution >= 0.6 is 34.3 Å². The first kappa shape index (κ1) is 22.0. The highest BCUT2D eigenvalue weighted by atomic mass is 35.5. The van der Waals surface area contributed by atoms with E-state index in [1.165, 1.54) is 16.2 Å². The topological polar surface area (TPSA) is 76.1 Å². The highest BCUT2D eigenvalue weighted by molar-refractivity contribution is 7.20. The molecule has 6 nitrogen and oxygen atoms in total. The number of nitrogens with one attached hydrogen (secondary N) is 2. The van der Waals surface area contributed by atoms with Crippen molar-refractivity contribution in [3.05, 3.63) is 33.8 Å². The summed E-state index contributed by atoms with van der Waals surface area (Å²) in [5.74, 6) is 0.647. The minimum Gasteiger partial charge on any atom is -0.495 e. The number of hydrogen-bond acceptors (Lipinski definition) is 7. The van der Waals surface area contributed by atoms with Crippen LogP contribution in [-0.2, 0) is 16.6 Å².